The lowest BCUT2D eigenvalue weighted by atomic mass is 9.71. The topological polar surface area (TPSA) is 50.4 Å². The number of carbonyl (C=O) groups is 1. The Bertz CT molecular complexity index is 291. The molecule has 1 atom stereocenters. The van der Waals surface area contributed by atoms with Gasteiger partial charge in [0.05, 0.1) is 12.6 Å². The molecule has 0 saturated heterocycles. The molecule has 1 fully saturated rings. The first-order valence-corrected chi connectivity index (χ1v) is 7.87. The monoisotopic (exact) mass is 284 g/mol. The predicted molar refractivity (Wildman–Crippen MR) is 82.7 cm³/mol. The van der Waals surface area contributed by atoms with Gasteiger partial charge in [0.25, 0.3) is 0 Å². The molecular weight excluding hydrogens is 252 g/mol. The second kappa shape index (κ2) is 7.99. The Morgan fingerprint density at radius 3 is 2.35 bits per heavy atom. The molecule has 0 aromatic carbocycles. The van der Waals surface area contributed by atoms with Crippen molar-refractivity contribution < 1.29 is 9.53 Å². The van der Waals surface area contributed by atoms with E-state index in [1.165, 1.54) is 25.7 Å². The number of nitrogens with one attached hydrogen (secondary N) is 2. The number of hydrogen-bond acceptors (Lipinski definition) is 3. The maximum atomic E-state index is 11.9. The quantitative estimate of drug-likeness (QED) is 0.736. The van der Waals surface area contributed by atoms with Gasteiger partial charge in [0.15, 0.2) is 0 Å². The number of carbonyl (C=O) groups excluding carboxylic acids is 1. The fraction of sp³-hybridized carbons (Fsp3) is 0.938. The van der Waals surface area contributed by atoms with Crippen LogP contribution in [0.4, 0.5) is 0 Å². The van der Waals surface area contributed by atoms with Gasteiger partial charge >= 0.3 is 0 Å². The summed E-state index contributed by atoms with van der Waals surface area (Å²) in [4.78, 5) is 11.9. The molecule has 0 bridgehead atoms. The maximum Gasteiger partial charge on any atom is 0.236 e. The zero-order chi connectivity index (χ0) is 15.2. The summed E-state index contributed by atoms with van der Waals surface area (Å²) in [6.07, 6.45) is 4.88. The summed E-state index contributed by atoms with van der Waals surface area (Å²) >= 11 is 0. The maximum absolute atomic E-state index is 11.9. The van der Waals surface area contributed by atoms with Crippen molar-refractivity contribution in [3.05, 3.63) is 0 Å². The Morgan fingerprint density at radius 1 is 1.25 bits per heavy atom. The van der Waals surface area contributed by atoms with Gasteiger partial charge in [-0.2, -0.15) is 0 Å². The standard InChI is InChI=1S/C16H32N2O2/c1-12(15(19)17-10-11-20-5)18-14-8-6-13(7-9-14)16(2,3)4/h12-14,18H,6-11H2,1-5H3,(H,17,19). The fourth-order valence-corrected chi connectivity index (χ4v) is 2.98. The van der Waals surface area contributed by atoms with Gasteiger partial charge in [0.1, 0.15) is 0 Å². The molecule has 2 N–H and O–H groups in total. The molecule has 1 unspecified atom stereocenters. The van der Waals surface area contributed by atoms with Crippen LogP contribution in [-0.4, -0.2) is 38.3 Å². The summed E-state index contributed by atoms with van der Waals surface area (Å²) in [5.74, 6) is 0.881. The largest absolute Gasteiger partial charge is 0.383 e. The molecule has 0 aromatic heterocycles. The first kappa shape index (κ1) is 17.4. The highest BCUT2D eigenvalue weighted by Gasteiger charge is 2.30. The third-order valence-corrected chi connectivity index (χ3v) is 4.44. The van der Waals surface area contributed by atoms with Gasteiger partial charge in [-0.3, -0.25) is 4.79 Å². The van der Waals surface area contributed by atoms with E-state index in [-0.39, 0.29) is 11.9 Å². The van der Waals surface area contributed by atoms with E-state index >= 15 is 0 Å². The van der Waals surface area contributed by atoms with Crippen molar-refractivity contribution in [2.75, 3.05) is 20.3 Å². The molecule has 0 spiro atoms. The van der Waals surface area contributed by atoms with E-state index in [0.29, 0.717) is 24.6 Å². The first-order valence-electron chi connectivity index (χ1n) is 7.87. The van der Waals surface area contributed by atoms with Gasteiger partial charge in [-0.25, -0.2) is 0 Å². The van der Waals surface area contributed by atoms with Crippen LogP contribution in [0, 0.1) is 11.3 Å². The van der Waals surface area contributed by atoms with E-state index in [9.17, 15) is 4.79 Å². The van der Waals surface area contributed by atoms with Crippen LogP contribution in [0.25, 0.3) is 0 Å². The van der Waals surface area contributed by atoms with Crippen molar-refractivity contribution in [1.29, 1.82) is 0 Å². The lowest BCUT2D eigenvalue weighted by Crippen LogP contribution is -2.48. The summed E-state index contributed by atoms with van der Waals surface area (Å²) in [6, 6.07) is 0.361. The molecule has 4 heteroatoms. The molecule has 0 radical (unpaired) electrons. The second-order valence-corrected chi connectivity index (χ2v) is 7.09. The molecule has 20 heavy (non-hydrogen) atoms. The van der Waals surface area contributed by atoms with Crippen molar-refractivity contribution in [2.45, 2.75) is 65.5 Å². The Kier molecular flexibility index (Phi) is 6.96. The van der Waals surface area contributed by atoms with Crippen molar-refractivity contribution in [2.24, 2.45) is 11.3 Å². The van der Waals surface area contributed by atoms with Crippen LogP contribution in [0.2, 0.25) is 0 Å². The summed E-state index contributed by atoms with van der Waals surface area (Å²) in [5.41, 5.74) is 0.411. The third-order valence-electron chi connectivity index (χ3n) is 4.44. The van der Waals surface area contributed by atoms with Crippen molar-refractivity contribution in [1.82, 2.24) is 10.6 Å². The van der Waals surface area contributed by atoms with Crippen molar-refractivity contribution >= 4 is 5.91 Å². The lowest BCUT2D eigenvalue weighted by Gasteiger charge is -2.37. The highest BCUT2D eigenvalue weighted by atomic mass is 16.5. The van der Waals surface area contributed by atoms with E-state index in [0.717, 1.165) is 5.92 Å². The first-order chi connectivity index (χ1) is 9.34. The summed E-state index contributed by atoms with van der Waals surface area (Å²) in [6.45, 7) is 10.1. The molecule has 1 saturated carbocycles. The molecule has 0 aliphatic heterocycles. The minimum absolute atomic E-state index is 0.0694. The van der Waals surface area contributed by atoms with E-state index in [1.807, 2.05) is 6.92 Å². The van der Waals surface area contributed by atoms with Crippen LogP contribution >= 0.6 is 0 Å². The van der Waals surface area contributed by atoms with Gasteiger partial charge in [-0.15, -0.1) is 0 Å². The predicted octanol–water partition coefficient (Wildman–Crippen LogP) is 2.33. The smallest absolute Gasteiger partial charge is 0.236 e. The van der Waals surface area contributed by atoms with Crippen molar-refractivity contribution in [3.8, 4) is 0 Å². The van der Waals surface area contributed by atoms with E-state index < -0.39 is 0 Å². The Morgan fingerprint density at radius 2 is 1.85 bits per heavy atom. The molecule has 1 amide bonds. The van der Waals surface area contributed by atoms with Crippen LogP contribution < -0.4 is 10.6 Å². The molecule has 4 nitrogen and oxygen atoms in total. The molecule has 118 valence electrons. The zero-order valence-electron chi connectivity index (χ0n) is 13.8. The van der Waals surface area contributed by atoms with Crippen molar-refractivity contribution in [3.63, 3.8) is 0 Å². The van der Waals surface area contributed by atoms with Crippen LogP contribution in [0.5, 0.6) is 0 Å². The van der Waals surface area contributed by atoms with Gasteiger partial charge in [0.2, 0.25) is 5.91 Å². The Balaban J connectivity index is 2.27. The average Bonchev–Trinajstić information content (AvgIpc) is 2.38. The van der Waals surface area contributed by atoms with E-state index in [1.54, 1.807) is 7.11 Å². The zero-order valence-corrected chi connectivity index (χ0v) is 13.8. The normalized spacial score (nSPS) is 25.2. The number of rotatable bonds is 6. The summed E-state index contributed by atoms with van der Waals surface area (Å²) in [5, 5.41) is 6.34. The number of methoxy groups -OCH3 is 1. The van der Waals surface area contributed by atoms with Crippen LogP contribution in [0.3, 0.4) is 0 Å². The summed E-state index contributed by atoms with van der Waals surface area (Å²) < 4.78 is 4.93. The Labute approximate surface area is 124 Å². The van der Waals surface area contributed by atoms with Gasteiger partial charge in [-0.05, 0) is 43.9 Å². The van der Waals surface area contributed by atoms with Crippen LogP contribution in [-0.2, 0) is 9.53 Å². The SMILES string of the molecule is COCCNC(=O)C(C)NC1CCC(C(C)(C)C)CC1. The molecule has 0 aromatic rings. The van der Waals surface area contributed by atoms with Gasteiger partial charge in [-0.1, -0.05) is 20.8 Å². The Hall–Kier alpha value is -0.610. The average molecular weight is 284 g/mol. The number of ether oxygens (including phenoxy) is 1. The van der Waals surface area contributed by atoms with Gasteiger partial charge in [0, 0.05) is 19.7 Å². The number of hydrogen-bond donors (Lipinski definition) is 2. The molecule has 1 aliphatic rings. The highest BCUT2D eigenvalue weighted by molar-refractivity contribution is 5.81. The van der Waals surface area contributed by atoms with E-state index in [2.05, 4.69) is 31.4 Å². The van der Waals surface area contributed by atoms with Crippen LogP contribution in [0.1, 0.15) is 53.4 Å². The summed E-state index contributed by atoms with van der Waals surface area (Å²) in [7, 11) is 1.64. The van der Waals surface area contributed by atoms with E-state index in [4.69, 9.17) is 4.74 Å². The third kappa shape index (κ3) is 5.80. The molecule has 1 aliphatic carbocycles. The molecule has 0 heterocycles. The number of amides is 1. The van der Waals surface area contributed by atoms with Crippen LogP contribution in [0.15, 0.2) is 0 Å². The molecule has 1 rings (SSSR count). The second-order valence-electron chi connectivity index (χ2n) is 7.09. The minimum Gasteiger partial charge on any atom is -0.383 e. The fourth-order valence-electron chi connectivity index (χ4n) is 2.98. The van der Waals surface area contributed by atoms with Gasteiger partial charge < -0.3 is 15.4 Å². The highest BCUT2D eigenvalue weighted by Crippen LogP contribution is 2.37. The molecular formula is C16H32N2O2. The lowest BCUT2D eigenvalue weighted by molar-refractivity contribution is -0.123. The minimum atomic E-state index is -0.122.